The Morgan fingerprint density at radius 2 is 1.14 bits per heavy atom. The standard InChI is InChI=1S/C37H74N8O4/c1-6-7-8-9-10-11-12-13-14-15-16-17-18-24-33(46)44-31(23-19-20-25-38)35(48)43-30(5)34(47)45-32(27-28(2)3)36(49)42-29(4)22-21-26-41-37(39)40/h28-32H,6-27,38H2,1-5H3,(H,42,49)(H,43,48)(H,44,46)(H,45,47)(H4,39,40,41)/t29-,30+,31+,32+/m1/s1. The molecular formula is C37H74N8O4. The maximum absolute atomic E-state index is 13.2. The van der Waals surface area contributed by atoms with Crippen molar-refractivity contribution in [1.29, 1.82) is 0 Å². The van der Waals surface area contributed by atoms with Crippen LogP contribution in [0, 0.1) is 5.92 Å². The van der Waals surface area contributed by atoms with E-state index in [9.17, 15) is 19.2 Å². The first kappa shape index (κ1) is 46.1. The number of guanidine groups is 1. The monoisotopic (exact) mass is 695 g/mol. The molecule has 0 aliphatic rings. The average molecular weight is 695 g/mol. The molecule has 286 valence electrons. The molecule has 0 aliphatic heterocycles. The molecule has 0 radical (unpaired) electrons. The van der Waals surface area contributed by atoms with Crippen molar-refractivity contribution in [2.24, 2.45) is 28.1 Å². The normalized spacial score (nSPS) is 13.6. The Morgan fingerprint density at radius 1 is 0.592 bits per heavy atom. The first-order chi connectivity index (χ1) is 23.4. The molecule has 4 atom stereocenters. The van der Waals surface area contributed by atoms with E-state index in [4.69, 9.17) is 17.2 Å². The number of aliphatic imine (C=N–C) groups is 1. The summed E-state index contributed by atoms with van der Waals surface area (Å²) in [7, 11) is 0. The highest BCUT2D eigenvalue weighted by atomic mass is 16.2. The molecule has 0 heterocycles. The van der Waals surface area contributed by atoms with E-state index in [-0.39, 0.29) is 29.7 Å². The third kappa shape index (κ3) is 26.6. The van der Waals surface area contributed by atoms with Crippen molar-refractivity contribution in [3.8, 4) is 0 Å². The lowest BCUT2D eigenvalue weighted by molar-refractivity contribution is -0.133. The van der Waals surface area contributed by atoms with Gasteiger partial charge in [0.2, 0.25) is 23.6 Å². The Kier molecular flexibility index (Phi) is 28.2. The van der Waals surface area contributed by atoms with Gasteiger partial charge in [-0.1, -0.05) is 97.8 Å². The van der Waals surface area contributed by atoms with Gasteiger partial charge in [0.05, 0.1) is 0 Å². The number of unbranched alkanes of at least 4 members (excludes halogenated alkanes) is 13. The number of nitrogens with zero attached hydrogens (tertiary/aromatic N) is 1. The van der Waals surface area contributed by atoms with Crippen LogP contribution in [-0.2, 0) is 19.2 Å². The van der Waals surface area contributed by atoms with E-state index in [1.807, 2.05) is 20.8 Å². The van der Waals surface area contributed by atoms with Gasteiger partial charge in [0, 0.05) is 19.0 Å². The van der Waals surface area contributed by atoms with Gasteiger partial charge in [-0.15, -0.1) is 0 Å². The van der Waals surface area contributed by atoms with Crippen molar-refractivity contribution < 1.29 is 19.2 Å². The van der Waals surface area contributed by atoms with Crippen LogP contribution in [-0.4, -0.2) is 66.8 Å². The zero-order valence-electron chi connectivity index (χ0n) is 31.8. The molecule has 49 heavy (non-hydrogen) atoms. The van der Waals surface area contributed by atoms with Crippen molar-refractivity contribution in [3.63, 3.8) is 0 Å². The molecule has 0 aromatic carbocycles. The zero-order chi connectivity index (χ0) is 36.9. The molecule has 0 saturated heterocycles. The Morgan fingerprint density at radius 3 is 1.67 bits per heavy atom. The highest BCUT2D eigenvalue weighted by molar-refractivity contribution is 5.94. The Bertz CT molecular complexity index is 926. The van der Waals surface area contributed by atoms with Crippen LogP contribution in [0.15, 0.2) is 4.99 Å². The third-order valence-electron chi connectivity index (χ3n) is 8.68. The van der Waals surface area contributed by atoms with Crippen molar-refractivity contribution in [2.45, 2.75) is 187 Å². The van der Waals surface area contributed by atoms with Gasteiger partial charge >= 0.3 is 0 Å². The summed E-state index contributed by atoms with van der Waals surface area (Å²) in [6.07, 6.45) is 20.0. The minimum atomic E-state index is -0.901. The smallest absolute Gasteiger partial charge is 0.243 e. The lowest BCUT2D eigenvalue weighted by Gasteiger charge is -2.25. The number of hydrogen-bond donors (Lipinski definition) is 7. The second-order valence-electron chi connectivity index (χ2n) is 14.2. The van der Waals surface area contributed by atoms with Crippen LogP contribution in [0.4, 0.5) is 0 Å². The summed E-state index contributed by atoms with van der Waals surface area (Å²) < 4.78 is 0. The Hall–Kier alpha value is -2.89. The van der Waals surface area contributed by atoms with Crippen molar-refractivity contribution in [3.05, 3.63) is 0 Å². The molecule has 4 amide bonds. The fraction of sp³-hybridized carbons (Fsp3) is 0.865. The summed E-state index contributed by atoms with van der Waals surface area (Å²) in [4.78, 5) is 56.2. The summed E-state index contributed by atoms with van der Waals surface area (Å²) in [5.41, 5.74) is 16.4. The number of carbonyl (C=O) groups is 4. The van der Waals surface area contributed by atoms with Crippen LogP contribution in [0.1, 0.15) is 163 Å². The van der Waals surface area contributed by atoms with Gasteiger partial charge in [0.25, 0.3) is 0 Å². The van der Waals surface area contributed by atoms with Crippen LogP contribution in [0.25, 0.3) is 0 Å². The first-order valence-electron chi connectivity index (χ1n) is 19.4. The van der Waals surface area contributed by atoms with E-state index in [1.54, 1.807) is 6.92 Å². The summed E-state index contributed by atoms with van der Waals surface area (Å²) in [6.45, 7) is 10.6. The molecule has 0 fully saturated rings. The van der Waals surface area contributed by atoms with E-state index in [2.05, 4.69) is 33.2 Å². The van der Waals surface area contributed by atoms with Crippen LogP contribution >= 0.6 is 0 Å². The predicted molar refractivity (Wildman–Crippen MR) is 202 cm³/mol. The second kappa shape index (κ2) is 30.0. The highest BCUT2D eigenvalue weighted by Gasteiger charge is 2.28. The molecule has 0 aromatic rings. The van der Waals surface area contributed by atoms with Gasteiger partial charge < -0.3 is 38.5 Å². The van der Waals surface area contributed by atoms with Gasteiger partial charge in [0.1, 0.15) is 18.1 Å². The van der Waals surface area contributed by atoms with E-state index >= 15 is 0 Å². The summed E-state index contributed by atoms with van der Waals surface area (Å²) in [5.74, 6) is -1.14. The molecule has 0 unspecified atom stereocenters. The quantitative estimate of drug-likeness (QED) is 0.0310. The summed E-state index contributed by atoms with van der Waals surface area (Å²) in [6, 6.07) is -2.55. The molecule has 12 nitrogen and oxygen atoms in total. The Labute approximate surface area is 298 Å². The van der Waals surface area contributed by atoms with E-state index in [1.165, 1.54) is 64.2 Å². The van der Waals surface area contributed by atoms with E-state index < -0.39 is 29.9 Å². The first-order valence-corrected chi connectivity index (χ1v) is 19.4. The largest absolute Gasteiger partial charge is 0.370 e. The molecule has 0 spiro atoms. The number of carbonyl (C=O) groups excluding carboxylic acids is 4. The predicted octanol–water partition coefficient (Wildman–Crippen LogP) is 4.68. The molecule has 10 N–H and O–H groups in total. The number of hydrogen-bond acceptors (Lipinski definition) is 6. The zero-order valence-corrected chi connectivity index (χ0v) is 31.8. The van der Waals surface area contributed by atoms with Gasteiger partial charge in [0.15, 0.2) is 5.96 Å². The number of nitrogens with one attached hydrogen (secondary N) is 4. The lowest BCUT2D eigenvalue weighted by atomic mass is 10.0. The summed E-state index contributed by atoms with van der Waals surface area (Å²) in [5, 5.41) is 11.4. The van der Waals surface area contributed by atoms with Gasteiger partial charge in [-0.3, -0.25) is 24.2 Å². The molecule has 0 saturated carbocycles. The Balaban J connectivity index is 4.77. The number of nitrogens with two attached hydrogens (primary N) is 3. The molecule has 12 heteroatoms. The van der Waals surface area contributed by atoms with Crippen LogP contribution in [0.5, 0.6) is 0 Å². The van der Waals surface area contributed by atoms with Crippen LogP contribution in [0.3, 0.4) is 0 Å². The molecule has 0 bridgehead atoms. The van der Waals surface area contributed by atoms with E-state index in [0.717, 1.165) is 25.7 Å². The maximum Gasteiger partial charge on any atom is 0.243 e. The summed E-state index contributed by atoms with van der Waals surface area (Å²) >= 11 is 0. The molecule has 0 aliphatic carbocycles. The van der Waals surface area contributed by atoms with Crippen molar-refractivity contribution in [1.82, 2.24) is 21.3 Å². The van der Waals surface area contributed by atoms with Gasteiger partial charge in [-0.2, -0.15) is 0 Å². The fourth-order valence-corrected chi connectivity index (χ4v) is 5.73. The fourth-order valence-electron chi connectivity index (χ4n) is 5.73. The number of amides is 4. The average Bonchev–Trinajstić information content (AvgIpc) is 3.04. The third-order valence-corrected chi connectivity index (χ3v) is 8.68. The maximum atomic E-state index is 13.2. The van der Waals surface area contributed by atoms with Crippen LogP contribution < -0.4 is 38.5 Å². The SMILES string of the molecule is CCCCCCCCCCCCCCCC(=O)N[C@@H](CCCCN)C(=O)N[C@@H](C)C(=O)N[C@@H](CC(C)C)C(=O)N[C@H](C)CCCN=C(N)N. The minimum absolute atomic E-state index is 0.0342. The molecular weight excluding hydrogens is 620 g/mol. The van der Waals surface area contributed by atoms with Crippen molar-refractivity contribution >= 4 is 29.6 Å². The highest BCUT2D eigenvalue weighted by Crippen LogP contribution is 2.13. The van der Waals surface area contributed by atoms with Gasteiger partial charge in [-0.25, -0.2) is 0 Å². The minimum Gasteiger partial charge on any atom is -0.370 e. The molecule has 0 aromatic heterocycles. The van der Waals surface area contributed by atoms with E-state index in [0.29, 0.717) is 51.6 Å². The van der Waals surface area contributed by atoms with Crippen LogP contribution in [0.2, 0.25) is 0 Å². The van der Waals surface area contributed by atoms with Gasteiger partial charge in [-0.05, 0) is 71.3 Å². The topological polar surface area (TPSA) is 207 Å². The number of rotatable bonds is 31. The lowest BCUT2D eigenvalue weighted by Crippen LogP contribution is -2.56. The van der Waals surface area contributed by atoms with Crippen molar-refractivity contribution in [2.75, 3.05) is 13.1 Å². The molecule has 0 rings (SSSR count). The second-order valence-corrected chi connectivity index (χ2v) is 14.2.